The van der Waals surface area contributed by atoms with Gasteiger partial charge in [-0.25, -0.2) is 0 Å². The number of carbonyl (C=O) groups is 1. The number of ether oxygens (including phenoxy) is 1. The third-order valence-corrected chi connectivity index (χ3v) is 4.39. The van der Waals surface area contributed by atoms with Gasteiger partial charge in [0.15, 0.2) is 0 Å². The highest BCUT2D eigenvalue weighted by atomic mass is 16.5. The Labute approximate surface area is 113 Å². The maximum absolute atomic E-state index is 12.3. The fourth-order valence-electron chi connectivity index (χ4n) is 3.37. The first-order valence-electron chi connectivity index (χ1n) is 6.96. The second kappa shape index (κ2) is 5.21. The van der Waals surface area contributed by atoms with E-state index < -0.39 is 0 Å². The minimum atomic E-state index is -0.0189. The van der Waals surface area contributed by atoms with Crippen LogP contribution in [-0.2, 0) is 4.79 Å². The molecule has 2 N–H and O–H groups in total. The van der Waals surface area contributed by atoms with Gasteiger partial charge in [0.25, 0.3) is 0 Å². The van der Waals surface area contributed by atoms with Crippen molar-refractivity contribution in [1.82, 2.24) is 5.32 Å². The van der Waals surface area contributed by atoms with E-state index in [-0.39, 0.29) is 11.9 Å². The van der Waals surface area contributed by atoms with Crippen LogP contribution in [0, 0.1) is 11.8 Å². The number of nitrogens with one attached hydrogen (secondary N) is 2. The minimum absolute atomic E-state index is 0.0189. The number of hydrogen-bond acceptors (Lipinski definition) is 3. The maximum atomic E-state index is 12.3. The molecule has 1 aliphatic carbocycles. The van der Waals surface area contributed by atoms with E-state index in [9.17, 15) is 4.79 Å². The van der Waals surface area contributed by atoms with Crippen molar-refractivity contribution in [2.45, 2.75) is 25.3 Å². The number of methoxy groups -OCH3 is 1. The molecule has 0 aromatic heterocycles. The summed E-state index contributed by atoms with van der Waals surface area (Å²) in [6.45, 7) is 0.991. The molecule has 0 spiro atoms. The van der Waals surface area contributed by atoms with E-state index in [1.807, 2.05) is 24.3 Å². The second-order valence-corrected chi connectivity index (χ2v) is 5.46. The summed E-state index contributed by atoms with van der Waals surface area (Å²) in [6.07, 6.45) is 3.71. The van der Waals surface area contributed by atoms with Gasteiger partial charge >= 0.3 is 0 Å². The SMILES string of the molecule is COc1ccc(NC(=O)C2NCC3CCCC32)cc1. The van der Waals surface area contributed by atoms with Crippen molar-refractivity contribution in [2.24, 2.45) is 11.8 Å². The molecule has 19 heavy (non-hydrogen) atoms. The van der Waals surface area contributed by atoms with Crippen molar-refractivity contribution < 1.29 is 9.53 Å². The van der Waals surface area contributed by atoms with E-state index in [0.717, 1.165) is 18.0 Å². The predicted octanol–water partition coefficient (Wildman–Crippen LogP) is 2.02. The van der Waals surface area contributed by atoms with Crippen LogP contribution in [0.2, 0.25) is 0 Å². The molecule has 1 aromatic carbocycles. The van der Waals surface area contributed by atoms with Gasteiger partial charge in [0, 0.05) is 5.69 Å². The van der Waals surface area contributed by atoms with E-state index in [0.29, 0.717) is 11.8 Å². The number of benzene rings is 1. The molecular weight excluding hydrogens is 240 g/mol. The molecule has 2 aliphatic rings. The van der Waals surface area contributed by atoms with Crippen molar-refractivity contribution in [2.75, 3.05) is 19.0 Å². The molecule has 4 nitrogen and oxygen atoms in total. The maximum Gasteiger partial charge on any atom is 0.241 e. The molecule has 2 fully saturated rings. The molecule has 3 unspecified atom stereocenters. The van der Waals surface area contributed by atoms with Crippen molar-refractivity contribution >= 4 is 11.6 Å². The van der Waals surface area contributed by atoms with Crippen LogP contribution in [0.15, 0.2) is 24.3 Å². The molecule has 1 aromatic rings. The van der Waals surface area contributed by atoms with Gasteiger partial charge in [-0.15, -0.1) is 0 Å². The van der Waals surface area contributed by atoms with Crippen LogP contribution in [-0.4, -0.2) is 25.6 Å². The zero-order chi connectivity index (χ0) is 13.2. The lowest BCUT2D eigenvalue weighted by molar-refractivity contribution is -0.118. The van der Waals surface area contributed by atoms with Crippen molar-refractivity contribution in [1.29, 1.82) is 0 Å². The van der Waals surface area contributed by atoms with E-state index in [1.165, 1.54) is 19.3 Å². The Kier molecular flexibility index (Phi) is 3.42. The monoisotopic (exact) mass is 260 g/mol. The van der Waals surface area contributed by atoms with Gasteiger partial charge in [-0.3, -0.25) is 4.79 Å². The highest BCUT2D eigenvalue weighted by Crippen LogP contribution is 2.37. The van der Waals surface area contributed by atoms with Crippen LogP contribution < -0.4 is 15.4 Å². The summed E-state index contributed by atoms with van der Waals surface area (Å²) in [7, 11) is 1.64. The van der Waals surface area contributed by atoms with E-state index in [4.69, 9.17) is 4.74 Å². The van der Waals surface area contributed by atoms with E-state index in [2.05, 4.69) is 10.6 Å². The lowest BCUT2D eigenvalue weighted by Crippen LogP contribution is -2.39. The third kappa shape index (κ3) is 2.45. The van der Waals surface area contributed by atoms with Gasteiger partial charge in [0.1, 0.15) is 5.75 Å². The Morgan fingerprint density at radius 2 is 2.11 bits per heavy atom. The van der Waals surface area contributed by atoms with Crippen LogP contribution in [0.3, 0.4) is 0 Å². The van der Waals surface area contributed by atoms with E-state index >= 15 is 0 Å². The van der Waals surface area contributed by atoms with Crippen molar-refractivity contribution in [3.8, 4) is 5.75 Å². The summed E-state index contributed by atoms with van der Waals surface area (Å²) in [6, 6.07) is 7.44. The molecule has 4 heteroatoms. The molecule has 0 radical (unpaired) electrons. The topological polar surface area (TPSA) is 50.4 Å². The molecule has 1 saturated heterocycles. The second-order valence-electron chi connectivity index (χ2n) is 5.46. The molecular formula is C15H20N2O2. The van der Waals surface area contributed by atoms with Crippen molar-refractivity contribution in [3.05, 3.63) is 24.3 Å². The predicted molar refractivity (Wildman–Crippen MR) is 74.2 cm³/mol. The van der Waals surface area contributed by atoms with Crippen LogP contribution in [0.1, 0.15) is 19.3 Å². The molecule has 1 amide bonds. The normalized spacial score (nSPS) is 29.0. The quantitative estimate of drug-likeness (QED) is 0.874. The zero-order valence-corrected chi connectivity index (χ0v) is 11.2. The largest absolute Gasteiger partial charge is 0.497 e. The first-order chi connectivity index (χ1) is 9.28. The fraction of sp³-hybridized carbons (Fsp3) is 0.533. The van der Waals surface area contributed by atoms with Gasteiger partial charge in [-0.05, 0) is 55.5 Å². The smallest absolute Gasteiger partial charge is 0.241 e. The average Bonchev–Trinajstić information content (AvgIpc) is 3.01. The van der Waals surface area contributed by atoms with Crippen LogP contribution >= 0.6 is 0 Å². The number of rotatable bonds is 3. The summed E-state index contributed by atoms with van der Waals surface area (Å²) < 4.78 is 5.11. The van der Waals surface area contributed by atoms with Gasteiger partial charge in [0.05, 0.1) is 13.2 Å². The Bertz CT molecular complexity index is 458. The van der Waals surface area contributed by atoms with Crippen molar-refractivity contribution in [3.63, 3.8) is 0 Å². The van der Waals surface area contributed by atoms with Crippen LogP contribution in [0.25, 0.3) is 0 Å². The van der Waals surface area contributed by atoms with E-state index in [1.54, 1.807) is 7.11 Å². The number of carbonyl (C=O) groups excluding carboxylic acids is 1. The highest BCUT2D eigenvalue weighted by molar-refractivity contribution is 5.95. The number of fused-ring (bicyclic) bond motifs is 1. The summed E-state index contributed by atoms with van der Waals surface area (Å²) in [5, 5.41) is 6.36. The Hall–Kier alpha value is -1.55. The average molecular weight is 260 g/mol. The van der Waals surface area contributed by atoms with Gasteiger partial charge < -0.3 is 15.4 Å². The fourth-order valence-corrected chi connectivity index (χ4v) is 3.37. The lowest BCUT2D eigenvalue weighted by Gasteiger charge is -2.17. The highest BCUT2D eigenvalue weighted by Gasteiger charge is 2.42. The Balaban J connectivity index is 1.64. The first kappa shape index (κ1) is 12.5. The molecule has 102 valence electrons. The molecule has 1 aliphatic heterocycles. The summed E-state index contributed by atoms with van der Waals surface area (Å²) in [5.74, 6) is 2.12. The van der Waals surface area contributed by atoms with Gasteiger partial charge in [0.2, 0.25) is 5.91 Å². The van der Waals surface area contributed by atoms with Crippen LogP contribution in [0.4, 0.5) is 5.69 Å². The molecule has 1 saturated carbocycles. The number of hydrogen-bond donors (Lipinski definition) is 2. The Morgan fingerprint density at radius 1 is 1.32 bits per heavy atom. The summed E-state index contributed by atoms with van der Waals surface area (Å²) in [5.41, 5.74) is 0.828. The molecule has 1 heterocycles. The molecule has 3 atom stereocenters. The number of amides is 1. The first-order valence-corrected chi connectivity index (χ1v) is 6.96. The Morgan fingerprint density at radius 3 is 2.84 bits per heavy atom. The summed E-state index contributed by atoms with van der Waals surface area (Å²) >= 11 is 0. The van der Waals surface area contributed by atoms with Gasteiger partial charge in [-0.1, -0.05) is 6.42 Å². The summed E-state index contributed by atoms with van der Waals surface area (Å²) in [4.78, 5) is 12.3. The minimum Gasteiger partial charge on any atom is -0.497 e. The lowest BCUT2D eigenvalue weighted by atomic mass is 9.93. The molecule has 0 bridgehead atoms. The van der Waals surface area contributed by atoms with Crippen LogP contribution in [0.5, 0.6) is 5.75 Å². The number of anilines is 1. The molecule has 3 rings (SSSR count). The zero-order valence-electron chi connectivity index (χ0n) is 11.2. The van der Waals surface area contributed by atoms with Gasteiger partial charge in [-0.2, -0.15) is 0 Å². The standard InChI is InChI=1S/C15H20N2O2/c1-19-12-7-5-11(6-8-12)17-15(18)14-13-4-2-3-10(13)9-16-14/h5-8,10,13-14,16H,2-4,9H2,1H3,(H,17,18). The third-order valence-electron chi connectivity index (χ3n) is 4.39.